The predicted octanol–water partition coefficient (Wildman–Crippen LogP) is 6.50. The second kappa shape index (κ2) is 8.97. The first-order valence-corrected chi connectivity index (χ1v) is 11.7. The Morgan fingerprint density at radius 2 is 2.12 bits per heavy atom. The van der Waals surface area contributed by atoms with E-state index in [2.05, 4.69) is 62.9 Å². The Kier molecular flexibility index (Phi) is 6.91. The smallest absolute Gasteiger partial charge is 0.0260 e. The van der Waals surface area contributed by atoms with Gasteiger partial charge in [-0.3, -0.25) is 0 Å². The molecular weight excluding hydrogens is 334 g/mol. The van der Waals surface area contributed by atoms with E-state index < -0.39 is 0 Å². The molecule has 0 heterocycles. The van der Waals surface area contributed by atoms with Crippen molar-refractivity contribution in [3.8, 4) is 0 Å². The monoisotopic (exact) mass is 371 g/mol. The highest BCUT2D eigenvalue weighted by Gasteiger charge is 2.43. The molecule has 3 unspecified atom stereocenters. The van der Waals surface area contributed by atoms with Gasteiger partial charge in [-0.05, 0) is 74.8 Å². The van der Waals surface area contributed by atoms with E-state index in [9.17, 15) is 0 Å². The molecule has 1 aromatic carbocycles. The Morgan fingerprint density at radius 1 is 1.27 bits per heavy atom. The van der Waals surface area contributed by atoms with Crippen LogP contribution in [0.2, 0.25) is 0 Å². The summed E-state index contributed by atoms with van der Waals surface area (Å²) >= 11 is 2.17. The summed E-state index contributed by atoms with van der Waals surface area (Å²) in [6.45, 7) is 7.80. The van der Waals surface area contributed by atoms with Crippen LogP contribution in [0.1, 0.15) is 69.9 Å². The van der Waals surface area contributed by atoms with Gasteiger partial charge in [0.1, 0.15) is 0 Å². The minimum absolute atomic E-state index is 0.465. The van der Waals surface area contributed by atoms with Crippen LogP contribution in [0.15, 0.2) is 35.9 Å². The van der Waals surface area contributed by atoms with Crippen molar-refractivity contribution in [1.29, 1.82) is 0 Å². The third-order valence-corrected chi connectivity index (χ3v) is 8.11. The van der Waals surface area contributed by atoms with Crippen molar-refractivity contribution in [2.45, 2.75) is 76.7 Å². The van der Waals surface area contributed by atoms with Crippen molar-refractivity contribution in [3.63, 3.8) is 0 Å². The van der Waals surface area contributed by atoms with E-state index in [1.54, 1.807) is 5.57 Å². The number of nitrogens with two attached hydrogens (primary N) is 1. The largest absolute Gasteiger partial charge is 0.330 e. The lowest BCUT2D eigenvalue weighted by Gasteiger charge is -2.36. The fourth-order valence-corrected chi connectivity index (χ4v) is 6.48. The van der Waals surface area contributed by atoms with Gasteiger partial charge in [0.15, 0.2) is 0 Å². The zero-order chi connectivity index (χ0) is 18.6. The van der Waals surface area contributed by atoms with Crippen molar-refractivity contribution in [2.24, 2.45) is 23.0 Å². The van der Waals surface area contributed by atoms with Crippen molar-refractivity contribution in [3.05, 3.63) is 47.0 Å². The summed E-state index contributed by atoms with van der Waals surface area (Å²) in [6.07, 6.45) is 12.1. The molecule has 4 atom stereocenters. The highest BCUT2D eigenvalue weighted by molar-refractivity contribution is 7.99. The summed E-state index contributed by atoms with van der Waals surface area (Å²) < 4.78 is 0. The molecule has 1 aromatic rings. The molecule has 144 valence electrons. The second-order valence-electron chi connectivity index (χ2n) is 8.89. The van der Waals surface area contributed by atoms with Crippen LogP contribution in [0.5, 0.6) is 0 Å². The topological polar surface area (TPSA) is 26.0 Å². The Hall–Kier alpha value is -0.730. The lowest BCUT2D eigenvalue weighted by molar-refractivity contribution is 0.317. The van der Waals surface area contributed by atoms with Crippen LogP contribution in [0.3, 0.4) is 0 Å². The van der Waals surface area contributed by atoms with Crippen molar-refractivity contribution in [2.75, 3.05) is 6.54 Å². The fourth-order valence-electron chi connectivity index (χ4n) is 5.22. The number of aryl methyl sites for hydroxylation is 1. The molecule has 0 bridgehead atoms. The molecular formula is C24H37NS. The highest BCUT2D eigenvalue weighted by atomic mass is 32.2. The van der Waals surface area contributed by atoms with Gasteiger partial charge < -0.3 is 5.73 Å². The van der Waals surface area contributed by atoms with Crippen LogP contribution in [-0.2, 0) is 5.75 Å². The number of thioether (sulfide) groups is 1. The summed E-state index contributed by atoms with van der Waals surface area (Å²) in [5.74, 6) is 2.67. The number of benzene rings is 1. The minimum atomic E-state index is 0.465. The second-order valence-corrected chi connectivity index (χ2v) is 10.1. The lowest BCUT2D eigenvalue weighted by atomic mass is 9.73. The molecule has 3 rings (SSSR count). The number of rotatable bonds is 7. The molecule has 0 aliphatic heterocycles. The van der Waals surface area contributed by atoms with Crippen LogP contribution in [-0.4, -0.2) is 11.8 Å². The summed E-state index contributed by atoms with van der Waals surface area (Å²) in [4.78, 5) is 0. The number of hydrogen-bond donors (Lipinski definition) is 1. The van der Waals surface area contributed by atoms with Crippen LogP contribution >= 0.6 is 11.8 Å². The first-order chi connectivity index (χ1) is 12.5. The highest BCUT2D eigenvalue weighted by Crippen LogP contribution is 2.54. The fraction of sp³-hybridized carbons (Fsp3) is 0.667. The number of allylic oxidation sites excluding steroid dienone is 1. The molecule has 1 saturated carbocycles. The number of unbranched alkanes of at least 4 members (excludes halogenated alkanes) is 1. The summed E-state index contributed by atoms with van der Waals surface area (Å²) in [6, 6.07) is 9.02. The van der Waals surface area contributed by atoms with Gasteiger partial charge in [-0.1, -0.05) is 61.7 Å². The molecule has 0 radical (unpaired) electrons. The zero-order valence-corrected chi connectivity index (χ0v) is 17.8. The molecule has 26 heavy (non-hydrogen) atoms. The van der Waals surface area contributed by atoms with Gasteiger partial charge >= 0.3 is 0 Å². The van der Waals surface area contributed by atoms with Crippen molar-refractivity contribution in [1.82, 2.24) is 0 Å². The maximum Gasteiger partial charge on any atom is 0.0260 e. The van der Waals surface area contributed by atoms with Crippen molar-refractivity contribution < 1.29 is 0 Å². The average Bonchev–Trinajstić information content (AvgIpc) is 2.94. The van der Waals surface area contributed by atoms with Gasteiger partial charge in [-0.25, -0.2) is 0 Å². The standard InChI is InChI=1S/C24H37NS/c1-4-5-9-21-14-24(13-19(3)22(15-24)16-25)11-10-23(21)26-17-20-8-6-7-18(2)12-20/h6-8,12,14,19,22-23H,4-5,9-11,13,15-17,25H2,1-3H3/t19?,22-,23?,24?/m1/s1. The predicted molar refractivity (Wildman–Crippen MR) is 116 cm³/mol. The van der Waals surface area contributed by atoms with E-state index in [1.165, 1.54) is 56.1 Å². The molecule has 1 spiro atoms. The Morgan fingerprint density at radius 3 is 2.81 bits per heavy atom. The van der Waals surface area contributed by atoms with Gasteiger partial charge in [0, 0.05) is 11.0 Å². The van der Waals surface area contributed by atoms with E-state index in [1.807, 2.05) is 0 Å². The molecule has 1 nitrogen and oxygen atoms in total. The van der Waals surface area contributed by atoms with Crippen LogP contribution < -0.4 is 5.73 Å². The van der Waals surface area contributed by atoms with Crippen LogP contribution in [0, 0.1) is 24.2 Å². The first kappa shape index (κ1) is 20.0. The molecule has 0 amide bonds. The maximum atomic E-state index is 6.06. The molecule has 2 N–H and O–H groups in total. The third kappa shape index (κ3) is 4.75. The van der Waals surface area contributed by atoms with Gasteiger partial charge in [0.2, 0.25) is 0 Å². The Bertz CT molecular complexity index is 622. The zero-order valence-electron chi connectivity index (χ0n) is 17.0. The van der Waals surface area contributed by atoms with E-state index in [0.717, 1.165) is 29.4 Å². The van der Waals surface area contributed by atoms with Gasteiger partial charge in [-0.15, -0.1) is 11.8 Å². The SMILES string of the molecule is CCCCC1=CC2(CCC1SCc1cccc(C)c1)CC(C)[C@@H](CN)C2. The molecule has 2 heteroatoms. The quantitative estimate of drug-likeness (QED) is 0.554. The Balaban J connectivity index is 1.71. The summed E-state index contributed by atoms with van der Waals surface area (Å²) in [7, 11) is 0. The molecule has 2 aliphatic carbocycles. The van der Waals surface area contributed by atoms with Gasteiger partial charge in [0.05, 0.1) is 0 Å². The minimum Gasteiger partial charge on any atom is -0.330 e. The molecule has 0 saturated heterocycles. The molecule has 0 aromatic heterocycles. The molecule has 2 aliphatic rings. The van der Waals surface area contributed by atoms with Crippen molar-refractivity contribution >= 4 is 11.8 Å². The molecule has 1 fully saturated rings. The van der Waals surface area contributed by atoms with E-state index in [4.69, 9.17) is 5.73 Å². The number of hydrogen-bond acceptors (Lipinski definition) is 2. The Labute approximate surface area is 165 Å². The maximum absolute atomic E-state index is 6.06. The average molecular weight is 372 g/mol. The van der Waals surface area contributed by atoms with E-state index in [-0.39, 0.29) is 0 Å². The van der Waals surface area contributed by atoms with Crippen LogP contribution in [0.25, 0.3) is 0 Å². The summed E-state index contributed by atoms with van der Waals surface area (Å²) in [5.41, 5.74) is 11.1. The van der Waals surface area contributed by atoms with E-state index >= 15 is 0 Å². The van der Waals surface area contributed by atoms with Gasteiger partial charge in [0.25, 0.3) is 0 Å². The van der Waals surface area contributed by atoms with E-state index in [0.29, 0.717) is 5.41 Å². The third-order valence-electron chi connectivity index (χ3n) is 6.67. The first-order valence-electron chi connectivity index (χ1n) is 10.6. The van der Waals surface area contributed by atoms with Gasteiger partial charge in [-0.2, -0.15) is 0 Å². The normalized spacial score (nSPS) is 31.4. The summed E-state index contributed by atoms with van der Waals surface area (Å²) in [5, 5.41) is 0.722. The van der Waals surface area contributed by atoms with Crippen LogP contribution in [0.4, 0.5) is 0 Å². The lowest BCUT2D eigenvalue weighted by Crippen LogP contribution is -2.26.